The first-order valence-electron chi connectivity index (χ1n) is 10.6. The van der Waals surface area contributed by atoms with Crippen molar-refractivity contribution in [1.82, 2.24) is 19.6 Å². The molecule has 0 bridgehead atoms. The minimum atomic E-state index is 0.0235. The van der Waals surface area contributed by atoms with Gasteiger partial charge in [-0.25, -0.2) is 4.79 Å². The quantitative estimate of drug-likeness (QED) is 0.799. The summed E-state index contributed by atoms with van der Waals surface area (Å²) in [5.41, 5.74) is 1.21. The Morgan fingerprint density at radius 2 is 1.64 bits per heavy atom. The second kappa shape index (κ2) is 9.41. The molecule has 0 radical (unpaired) electrons. The molecule has 1 unspecified atom stereocenters. The molecule has 0 aromatic heterocycles. The maximum Gasteiger partial charge on any atom is 0.319 e. The first-order valence-corrected chi connectivity index (χ1v) is 10.6. The van der Waals surface area contributed by atoms with Gasteiger partial charge in [0, 0.05) is 51.7 Å². The number of benzene rings is 1. The van der Waals surface area contributed by atoms with Crippen molar-refractivity contribution in [2.24, 2.45) is 5.92 Å². The van der Waals surface area contributed by atoms with Crippen molar-refractivity contribution in [2.75, 3.05) is 52.9 Å². The maximum atomic E-state index is 13.4. The number of piperazine rings is 1. The Balaban J connectivity index is 1.64. The van der Waals surface area contributed by atoms with Crippen molar-refractivity contribution < 1.29 is 9.59 Å². The summed E-state index contributed by atoms with van der Waals surface area (Å²) in [7, 11) is 2.12. The van der Waals surface area contributed by atoms with Crippen LogP contribution in [0.4, 0.5) is 4.79 Å². The molecule has 28 heavy (non-hydrogen) atoms. The Morgan fingerprint density at radius 1 is 1.00 bits per heavy atom. The monoisotopic (exact) mass is 386 g/mol. The van der Waals surface area contributed by atoms with Gasteiger partial charge in [-0.3, -0.25) is 4.79 Å². The number of piperidine rings is 1. The van der Waals surface area contributed by atoms with Crippen LogP contribution in [-0.2, 0) is 4.79 Å². The van der Waals surface area contributed by atoms with E-state index in [4.69, 9.17) is 0 Å². The number of rotatable bonds is 4. The lowest BCUT2D eigenvalue weighted by Gasteiger charge is -2.43. The van der Waals surface area contributed by atoms with Gasteiger partial charge in [0.25, 0.3) is 0 Å². The van der Waals surface area contributed by atoms with E-state index in [1.165, 1.54) is 5.56 Å². The highest BCUT2D eigenvalue weighted by molar-refractivity contribution is 5.80. The minimum absolute atomic E-state index is 0.0235. The van der Waals surface area contributed by atoms with E-state index in [-0.39, 0.29) is 23.9 Å². The molecule has 2 aliphatic rings. The van der Waals surface area contributed by atoms with E-state index < -0.39 is 0 Å². The molecule has 2 heterocycles. The lowest BCUT2D eigenvalue weighted by molar-refractivity contribution is -0.142. The summed E-state index contributed by atoms with van der Waals surface area (Å²) in [4.78, 5) is 34.1. The fourth-order valence-corrected chi connectivity index (χ4v) is 4.39. The lowest BCUT2D eigenvalue weighted by Crippen LogP contribution is -2.53. The molecular weight excluding hydrogens is 352 g/mol. The molecule has 3 rings (SSSR count). The van der Waals surface area contributed by atoms with E-state index in [1.807, 2.05) is 41.8 Å². The zero-order valence-electron chi connectivity index (χ0n) is 17.5. The van der Waals surface area contributed by atoms with Crippen molar-refractivity contribution in [3.05, 3.63) is 35.9 Å². The molecule has 1 aromatic carbocycles. The molecule has 0 N–H and O–H groups in total. The Labute approximate surface area is 169 Å². The first-order chi connectivity index (χ1) is 13.5. The van der Waals surface area contributed by atoms with E-state index in [0.29, 0.717) is 13.1 Å². The van der Waals surface area contributed by atoms with E-state index in [9.17, 15) is 9.59 Å². The maximum absolute atomic E-state index is 13.4. The van der Waals surface area contributed by atoms with Gasteiger partial charge >= 0.3 is 6.03 Å². The Morgan fingerprint density at radius 3 is 2.25 bits per heavy atom. The zero-order chi connectivity index (χ0) is 20.1. The molecule has 0 aliphatic carbocycles. The predicted octanol–water partition coefficient (Wildman–Crippen LogP) is 2.68. The van der Waals surface area contributed by atoms with Crippen LogP contribution in [0.15, 0.2) is 30.3 Å². The molecule has 3 amide bonds. The van der Waals surface area contributed by atoms with Gasteiger partial charge in [-0.2, -0.15) is 0 Å². The molecular formula is C22H34N4O2. The molecule has 2 saturated heterocycles. The largest absolute Gasteiger partial charge is 0.333 e. The standard InChI is InChI=1S/C22H34N4O2/c1-4-24(5-2)22(28)25-13-11-19(12-14-25)21(27)26-16-15-23(3)17-20(26)18-9-7-6-8-10-18/h6-10,19-20H,4-5,11-17H2,1-3H3. The predicted molar refractivity (Wildman–Crippen MR) is 111 cm³/mol. The number of hydrogen-bond donors (Lipinski definition) is 0. The third kappa shape index (κ3) is 4.49. The molecule has 6 nitrogen and oxygen atoms in total. The van der Waals surface area contributed by atoms with Crippen molar-refractivity contribution in [1.29, 1.82) is 0 Å². The summed E-state index contributed by atoms with van der Waals surface area (Å²) >= 11 is 0. The highest BCUT2D eigenvalue weighted by atomic mass is 16.2. The van der Waals surface area contributed by atoms with Crippen LogP contribution in [0.1, 0.15) is 38.3 Å². The number of hydrogen-bond acceptors (Lipinski definition) is 3. The SMILES string of the molecule is CCN(CC)C(=O)N1CCC(C(=O)N2CCN(C)CC2c2ccccc2)CC1. The Bertz CT molecular complexity index is 654. The average molecular weight is 387 g/mol. The summed E-state index contributed by atoms with van der Waals surface area (Å²) < 4.78 is 0. The van der Waals surface area contributed by atoms with E-state index in [1.54, 1.807) is 0 Å². The van der Waals surface area contributed by atoms with Crippen molar-refractivity contribution in [3.8, 4) is 0 Å². The smallest absolute Gasteiger partial charge is 0.319 e. The molecule has 6 heteroatoms. The minimum Gasteiger partial charge on any atom is -0.333 e. The Kier molecular flexibility index (Phi) is 6.94. The van der Waals surface area contributed by atoms with Crippen molar-refractivity contribution in [3.63, 3.8) is 0 Å². The normalized spacial score (nSPS) is 21.6. The molecule has 1 aromatic rings. The van der Waals surface area contributed by atoms with Gasteiger partial charge in [0.15, 0.2) is 0 Å². The molecule has 0 saturated carbocycles. The number of carbonyl (C=O) groups is 2. The number of urea groups is 1. The highest BCUT2D eigenvalue weighted by Gasteiger charge is 2.36. The fourth-order valence-electron chi connectivity index (χ4n) is 4.39. The Hall–Kier alpha value is -2.08. The third-order valence-electron chi connectivity index (χ3n) is 6.20. The average Bonchev–Trinajstić information content (AvgIpc) is 2.74. The van der Waals surface area contributed by atoms with Gasteiger partial charge in [-0.15, -0.1) is 0 Å². The van der Waals surface area contributed by atoms with Crippen molar-refractivity contribution >= 4 is 11.9 Å². The summed E-state index contributed by atoms with van der Waals surface area (Å²) in [6, 6.07) is 10.6. The van der Waals surface area contributed by atoms with Crippen LogP contribution >= 0.6 is 0 Å². The number of likely N-dealkylation sites (tertiary alicyclic amines) is 1. The third-order valence-corrected chi connectivity index (χ3v) is 6.20. The number of nitrogens with zero attached hydrogens (tertiary/aromatic N) is 4. The molecule has 2 fully saturated rings. The molecule has 154 valence electrons. The first kappa shape index (κ1) is 20.6. The summed E-state index contributed by atoms with van der Waals surface area (Å²) in [6.45, 7) is 9.38. The van der Waals surface area contributed by atoms with Gasteiger partial charge < -0.3 is 19.6 Å². The van der Waals surface area contributed by atoms with Crippen LogP contribution in [0.2, 0.25) is 0 Å². The number of amides is 3. The second-order valence-corrected chi connectivity index (χ2v) is 7.94. The van der Waals surface area contributed by atoms with Gasteiger partial charge in [0.05, 0.1) is 6.04 Å². The van der Waals surface area contributed by atoms with Crippen LogP contribution < -0.4 is 0 Å². The second-order valence-electron chi connectivity index (χ2n) is 7.94. The summed E-state index contributed by atoms with van der Waals surface area (Å²) in [6.07, 6.45) is 1.53. The van der Waals surface area contributed by atoms with E-state index in [2.05, 4.69) is 29.0 Å². The zero-order valence-corrected chi connectivity index (χ0v) is 17.5. The van der Waals surface area contributed by atoms with Gasteiger partial charge in [0.1, 0.15) is 0 Å². The molecule has 0 spiro atoms. The highest BCUT2D eigenvalue weighted by Crippen LogP contribution is 2.29. The van der Waals surface area contributed by atoms with Crippen LogP contribution in [0, 0.1) is 5.92 Å². The van der Waals surface area contributed by atoms with E-state index in [0.717, 1.165) is 45.6 Å². The lowest BCUT2D eigenvalue weighted by atomic mass is 9.93. The topological polar surface area (TPSA) is 47.1 Å². The van der Waals surface area contributed by atoms with Crippen LogP contribution in [0.5, 0.6) is 0 Å². The van der Waals surface area contributed by atoms with Gasteiger partial charge in [0.2, 0.25) is 5.91 Å². The van der Waals surface area contributed by atoms with Gasteiger partial charge in [-0.05, 0) is 39.3 Å². The number of carbonyl (C=O) groups excluding carboxylic acids is 2. The van der Waals surface area contributed by atoms with E-state index >= 15 is 0 Å². The number of likely N-dealkylation sites (N-methyl/N-ethyl adjacent to an activating group) is 1. The van der Waals surface area contributed by atoms with Crippen molar-refractivity contribution in [2.45, 2.75) is 32.7 Å². The fraction of sp³-hybridized carbons (Fsp3) is 0.636. The summed E-state index contributed by atoms with van der Waals surface area (Å²) in [5, 5.41) is 0. The van der Waals surface area contributed by atoms with Crippen LogP contribution in [0.3, 0.4) is 0 Å². The summed E-state index contributed by atoms with van der Waals surface area (Å²) in [5.74, 6) is 0.285. The van der Waals surface area contributed by atoms with Gasteiger partial charge in [-0.1, -0.05) is 30.3 Å². The molecule has 2 aliphatic heterocycles. The molecule has 1 atom stereocenters. The van der Waals surface area contributed by atoms with Crippen LogP contribution in [-0.4, -0.2) is 84.4 Å². The van der Waals surface area contributed by atoms with Crippen LogP contribution in [0.25, 0.3) is 0 Å².